The first kappa shape index (κ1) is 31.2. The molecule has 2 nitrogen and oxygen atoms in total. The Kier molecular flexibility index (Phi) is 6.45. The molecule has 2 aromatic heterocycles. The normalized spacial score (nSPS) is 15.9. The van der Waals surface area contributed by atoms with Gasteiger partial charge in [-0.3, -0.25) is 0 Å². The van der Waals surface area contributed by atoms with Gasteiger partial charge in [0, 0.05) is 50.6 Å². The van der Waals surface area contributed by atoms with Crippen LogP contribution in [-0.4, -0.2) is 15.8 Å². The third-order valence-electron chi connectivity index (χ3n) is 12.5. The van der Waals surface area contributed by atoms with Gasteiger partial charge in [-0.15, -0.1) is 6.58 Å². The quantitative estimate of drug-likeness (QED) is 0.127. The fraction of sp³-hybridized carbons (Fsp3) is 0.184. The van der Waals surface area contributed by atoms with Crippen molar-refractivity contribution in [2.75, 3.05) is 0 Å². The molecular weight excluding hydrogens is 627 g/mol. The minimum Gasteiger partial charge on any atom is -0.314 e. The Morgan fingerprint density at radius 1 is 0.827 bits per heavy atom. The highest BCUT2D eigenvalue weighted by Gasteiger charge is 2.42. The summed E-state index contributed by atoms with van der Waals surface area (Å²) < 4.78 is 5.17. The summed E-state index contributed by atoms with van der Waals surface area (Å²) in [6.07, 6.45) is 9.77. The van der Waals surface area contributed by atoms with Crippen molar-refractivity contribution >= 4 is 73.5 Å². The van der Waals surface area contributed by atoms with Gasteiger partial charge in [0.2, 0.25) is 0 Å². The fourth-order valence-corrected chi connectivity index (χ4v) is 9.89. The van der Waals surface area contributed by atoms with E-state index in [-0.39, 0.29) is 12.1 Å². The van der Waals surface area contributed by atoms with Crippen molar-refractivity contribution in [2.45, 2.75) is 59.3 Å². The molecule has 1 aliphatic carbocycles. The summed E-state index contributed by atoms with van der Waals surface area (Å²) in [4.78, 5) is 0. The number of hydrogen-bond acceptors (Lipinski definition) is 0. The molecular formula is C49H43BN2. The zero-order valence-electron chi connectivity index (χ0n) is 31.1. The summed E-state index contributed by atoms with van der Waals surface area (Å²) in [6.45, 7) is 22.7. The summed E-state index contributed by atoms with van der Waals surface area (Å²) in [6, 6.07) is 32.6. The first-order chi connectivity index (χ1) is 25.1. The predicted molar refractivity (Wildman–Crippen MR) is 226 cm³/mol. The maximum atomic E-state index is 4.66. The number of hydrogen-bond donors (Lipinski definition) is 0. The molecule has 0 amide bonds. The smallest absolute Gasteiger partial charge is 0.252 e. The number of fused-ring (bicyclic) bond motifs is 10. The lowest BCUT2D eigenvalue weighted by atomic mass is 9.34. The van der Waals surface area contributed by atoms with Crippen LogP contribution in [0.15, 0.2) is 116 Å². The van der Waals surface area contributed by atoms with Gasteiger partial charge < -0.3 is 9.13 Å². The van der Waals surface area contributed by atoms with Gasteiger partial charge in [-0.1, -0.05) is 107 Å². The SMILES string of the molecule is C=CCc1c(/C=C\C)c2cc3c4cc(C(C)C)ccc4n4c3c3c2n1-c1cc(/C=C2\C(=C)C(C)(C)c5ccccc52)c(C)cc1B3c1ccccc1-4. The van der Waals surface area contributed by atoms with Crippen LogP contribution in [0.5, 0.6) is 0 Å². The van der Waals surface area contributed by atoms with Crippen molar-refractivity contribution in [2.24, 2.45) is 0 Å². The Labute approximate surface area is 307 Å². The second-order valence-corrected chi connectivity index (χ2v) is 16.0. The maximum Gasteiger partial charge on any atom is 0.252 e. The molecule has 4 heterocycles. The highest BCUT2D eigenvalue weighted by Crippen LogP contribution is 2.50. The van der Waals surface area contributed by atoms with Gasteiger partial charge in [-0.2, -0.15) is 0 Å². The van der Waals surface area contributed by atoms with Crippen LogP contribution in [0.4, 0.5) is 0 Å². The zero-order valence-corrected chi connectivity index (χ0v) is 31.1. The first-order valence-electron chi connectivity index (χ1n) is 18.8. The molecule has 5 aromatic carbocycles. The lowest BCUT2D eigenvalue weighted by Crippen LogP contribution is -2.59. The average molecular weight is 671 g/mol. The number of para-hydroxylation sites is 1. The number of nitrogens with zero attached hydrogens (tertiary/aromatic N) is 2. The largest absolute Gasteiger partial charge is 0.314 e. The van der Waals surface area contributed by atoms with Gasteiger partial charge in [0.25, 0.3) is 6.71 Å². The molecule has 3 aliphatic rings. The third kappa shape index (κ3) is 3.86. The molecule has 0 saturated heterocycles. The molecule has 252 valence electrons. The molecule has 0 radical (unpaired) electrons. The van der Waals surface area contributed by atoms with E-state index in [1.807, 2.05) is 0 Å². The topological polar surface area (TPSA) is 9.86 Å². The van der Waals surface area contributed by atoms with Gasteiger partial charge in [0.05, 0.1) is 16.6 Å². The Balaban J connectivity index is 1.37. The molecule has 7 aromatic rings. The molecule has 0 unspecified atom stereocenters. The fourth-order valence-electron chi connectivity index (χ4n) is 9.89. The van der Waals surface area contributed by atoms with E-state index < -0.39 is 0 Å². The number of rotatable bonds is 5. The van der Waals surface area contributed by atoms with Crippen molar-refractivity contribution in [3.8, 4) is 11.4 Å². The van der Waals surface area contributed by atoms with Gasteiger partial charge >= 0.3 is 0 Å². The van der Waals surface area contributed by atoms with Crippen LogP contribution >= 0.6 is 0 Å². The summed E-state index contributed by atoms with van der Waals surface area (Å²) in [5.41, 5.74) is 22.1. The standard InChI is InChI=1S/C49H43BN2/c1-9-15-34-37-27-38-36-24-31(28(3)4)21-22-43(36)51-44-20-14-13-19-40(44)50-41-23-29(5)32(25-35-30(6)49(7,8)39-18-12-11-17-33(35)39)26-45(41)52(42(34)16-10-2)47(37)46(50)48(38)51/h9-15,17-28H,2,6,16H2,1,3-5,7-8H3/b15-9-,35-25+. The number of aryl methyl sites for hydroxylation is 1. The minimum absolute atomic E-state index is 0.109. The van der Waals surface area contributed by atoms with Crippen LogP contribution < -0.4 is 16.4 Å². The minimum atomic E-state index is -0.111. The molecule has 0 atom stereocenters. The molecule has 0 saturated carbocycles. The highest BCUT2D eigenvalue weighted by molar-refractivity contribution is 7.00. The molecule has 2 aliphatic heterocycles. The molecule has 0 N–H and O–H groups in total. The van der Waals surface area contributed by atoms with E-state index in [0.717, 1.165) is 6.42 Å². The average Bonchev–Trinajstić information content (AvgIpc) is 3.70. The number of aromatic nitrogens is 2. The van der Waals surface area contributed by atoms with E-state index in [9.17, 15) is 0 Å². The van der Waals surface area contributed by atoms with Crippen LogP contribution in [0.2, 0.25) is 0 Å². The van der Waals surface area contributed by atoms with Crippen LogP contribution in [-0.2, 0) is 11.8 Å². The molecule has 0 fully saturated rings. The van der Waals surface area contributed by atoms with Crippen LogP contribution in [0.1, 0.15) is 79.6 Å². The lowest BCUT2D eigenvalue weighted by Gasteiger charge is -2.34. The number of allylic oxidation sites excluding steroid dienone is 4. The molecule has 0 bridgehead atoms. The number of benzene rings is 5. The summed E-state index contributed by atoms with van der Waals surface area (Å²) in [5, 5.41) is 4.00. The predicted octanol–water partition coefficient (Wildman–Crippen LogP) is 10.5. The summed E-state index contributed by atoms with van der Waals surface area (Å²) >= 11 is 0. The first-order valence-corrected chi connectivity index (χ1v) is 18.8. The molecule has 0 spiro atoms. The van der Waals surface area contributed by atoms with Gasteiger partial charge in [0.15, 0.2) is 0 Å². The van der Waals surface area contributed by atoms with Crippen LogP contribution in [0.25, 0.3) is 61.8 Å². The van der Waals surface area contributed by atoms with Gasteiger partial charge in [0.1, 0.15) is 0 Å². The van der Waals surface area contributed by atoms with Crippen LogP contribution in [0, 0.1) is 6.92 Å². The van der Waals surface area contributed by atoms with Crippen LogP contribution in [0.3, 0.4) is 0 Å². The van der Waals surface area contributed by atoms with Crippen molar-refractivity contribution in [1.82, 2.24) is 9.13 Å². The Morgan fingerprint density at radius 3 is 2.38 bits per heavy atom. The van der Waals surface area contributed by atoms with E-state index >= 15 is 0 Å². The van der Waals surface area contributed by atoms with Crippen molar-refractivity contribution < 1.29 is 0 Å². The summed E-state index contributed by atoms with van der Waals surface area (Å²) in [5.74, 6) is 0.453. The molecule has 10 rings (SSSR count). The van der Waals surface area contributed by atoms with E-state index in [0.29, 0.717) is 5.92 Å². The second-order valence-electron chi connectivity index (χ2n) is 16.0. The maximum absolute atomic E-state index is 4.66. The zero-order chi connectivity index (χ0) is 35.8. The van der Waals surface area contributed by atoms with E-state index in [4.69, 9.17) is 0 Å². The van der Waals surface area contributed by atoms with E-state index in [1.165, 1.54) is 111 Å². The van der Waals surface area contributed by atoms with E-state index in [2.05, 4.69) is 173 Å². The van der Waals surface area contributed by atoms with Crippen molar-refractivity contribution in [3.63, 3.8) is 0 Å². The molecule has 52 heavy (non-hydrogen) atoms. The second kappa shape index (κ2) is 10.7. The summed E-state index contributed by atoms with van der Waals surface area (Å²) in [7, 11) is 0. The Hall–Kier alpha value is -5.54. The Bertz CT molecular complexity index is 2830. The molecule has 3 heteroatoms. The third-order valence-corrected chi connectivity index (χ3v) is 12.5. The van der Waals surface area contributed by atoms with Crippen molar-refractivity contribution in [1.29, 1.82) is 0 Å². The Morgan fingerprint density at radius 2 is 1.60 bits per heavy atom. The highest BCUT2D eigenvalue weighted by atomic mass is 15.0. The monoisotopic (exact) mass is 670 g/mol. The lowest BCUT2D eigenvalue weighted by molar-refractivity contribution is 0.663. The van der Waals surface area contributed by atoms with Gasteiger partial charge in [-0.25, -0.2) is 0 Å². The van der Waals surface area contributed by atoms with Gasteiger partial charge in [-0.05, 0) is 112 Å². The van der Waals surface area contributed by atoms with E-state index in [1.54, 1.807) is 0 Å². The van der Waals surface area contributed by atoms with Crippen molar-refractivity contribution in [3.05, 3.63) is 155 Å².